The number of allylic oxidation sites excluding steroid dienone is 6. The van der Waals surface area contributed by atoms with Crippen LogP contribution in [0.2, 0.25) is 0 Å². The molecule has 12 nitrogen and oxygen atoms in total. The van der Waals surface area contributed by atoms with Crippen molar-refractivity contribution in [1.29, 1.82) is 0 Å². The number of aliphatic hydroxyl groups is 2. The molecule has 0 amide bonds. The molecule has 2 heterocycles. The fraction of sp³-hybridized carbons (Fsp3) is 0.500. The zero-order chi connectivity index (χ0) is 28.1. The van der Waals surface area contributed by atoms with E-state index in [0.29, 0.717) is 11.4 Å². The molecule has 0 spiro atoms. The molecule has 0 radical (unpaired) electrons. The molecule has 1 aromatic rings. The number of aliphatic hydroxyl groups excluding tert-OH is 2. The number of aromatic nitrogens is 2. The van der Waals surface area contributed by atoms with Crippen LogP contribution in [0, 0.1) is 17.8 Å². The lowest BCUT2D eigenvalue weighted by Gasteiger charge is -2.37. The Morgan fingerprint density at radius 2 is 2.10 bits per heavy atom. The van der Waals surface area contributed by atoms with Crippen LogP contribution in [0.4, 0.5) is 5.82 Å². The third-order valence-corrected chi connectivity index (χ3v) is 8.52. The van der Waals surface area contributed by atoms with Crippen LogP contribution in [0.25, 0.3) is 0 Å². The van der Waals surface area contributed by atoms with E-state index in [0.717, 1.165) is 11.3 Å². The SMILES string of the molecule is COC(=O)C1=CC2=CC=CC(C)(c3cc4n(n3)C(NC3CC(COS(N)(=O)=O)C(O)C3O)C(C)C=N4)C2C=C1. The van der Waals surface area contributed by atoms with E-state index < -0.39 is 45.9 Å². The second-order valence-electron chi connectivity index (χ2n) is 10.7. The average Bonchev–Trinajstić information content (AvgIpc) is 3.45. The number of aliphatic imine (C=N–C) groups is 1. The summed E-state index contributed by atoms with van der Waals surface area (Å²) in [6, 6.07) is 1.39. The Bertz CT molecular complexity index is 1410. The van der Waals surface area contributed by atoms with E-state index >= 15 is 0 Å². The highest BCUT2D eigenvalue weighted by molar-refractivity contribution is 7.84. The number of methoxy groups -OCH3 is 1. The fourth-order valence-corrected chi connectivity index (χ4v) is 6.17. The van der Waals surface area contributed by atoms with Gasteiger partial charge in [-0.1, -0.05) is 37.3 Å². The van der Waals surface area contributed by atoms with Gasteiger partial charge in [0, 0.05) is 41.5 Å². The van der Waals surface area contributed by atoms with Crippen LogP contribution < -0.4 is 10.5 Å². The molecule has 5 rings (SSSR count). The van der Waals surface area contributed by atoms with Crippen molar-refractivity contribution < 1.29 is 32.3 Å². The van der Waals surface area contributed by atoms with Gasteiger partial charge in [0.2, 0.25) is 0 Å². The van der Waals surface area contributed by atoms with E-state index in [1.165, 1.54) is 7.11 Å². The van der Waals surface area contributed by atoms with Gasteiger partial charge >= 0.3 is 16.3 Å². The van der Waals surface area contributed by atoms with Gasteiger partial charge in [-0.25, -0.2) is 19.6 Å². The van der Waals surface area contributed by atoms with Crippen LogP contribution in [0.1, 0.15) is 32.1 Å². The van der Waals surface area contributed by atoms with Crippen LogP contribution in [0.5, 0.6) is 0 Å². The third-order valence-electron chi connectivity index (χ3n) is 8.05. The van der Waals surface area contributed by atoms with E-state index in [1.54, 1.807) is 10.8 Å². The van der Waals surface area contributed by atoms with Gasteiger partial charge in [0.25, 0.3) is 0 Å². The molecule has 1 aliphatic heterocycles. The molecular formula is C26H33N5O7S. The normalized spacial score (nSPS) is 35.3. The largest absolute Gasteiger partial charge is 0.465 e. The molecular weight excluding hydrogens is 526 g/mol. The lowest BCUT2D eigenvalue weighted by atomic mass is 9.66. The fourth-order valence-electron chi connectivity index (χ4n) is 5.80. The number of carbonyl (C=O) groups is 1. The van der Waals surface area contributed by atoms with Crippen molar-refractivity contribution in [2.45, 2.75) is 50.1 Å². The summed E-state index contributed by atoms with van der Waals surface area (Å²) in [6.45, 7) is 3.73. The van der Waals surface area contributed by atoms with E-state index in [-0.39, 0.29) is 31.0 Å². The molecule has 3 aliphatic carbocycles. The van der Waals surface area contributed by atoms with Crippen molar-refractivity contribution in [3.8, 4) is 0 Å². The summed E-state index contributed by atoms with van der Waals surface area (Å²) in [4.78, 5) is 16.7. The highest BCUT2D eigenvalue weighted by Crippen LogP contribution is 2.45. The van der Waals surface area contributed by atoms with E-state index in [1.807, 2.05) is 43.5 Å². The Labute approximate surface area is 226 Å². The Morgan fingerprint density at radius 3 is 2.82 bits per heavy atom. The number of nitrogens with one attached hydrogen (secondary N) is 1. The van der Waals surface area contributed by atoms with Crippen molar-refractivity contribution in [1.82, 2.24) is 15.1 Å². The average molecular weight is 560 g/mol. The number of esters is 1. The summed E-state index contributed by atoms with van der Waals surface area (Å²) in [5.74, 6) is -0.534. The first-order valence-electron chi connectivity index (χ1n) is 12.7. The first-order valence-corrected chi connectivity index (χ1v) is 14.2. The Hall–Kier alpha value is -2.94. The molecule has 1 fully saturated rings. The minimum absolute atomic E-state index is 0.0629. The van der Waals surface area contributed by atoms with Gasteiger partial charge in [-0.3, -0.25) is 9.50 Å². The van der Waals surface area contributed by atoms with Crippen LogP contribution in [0.3, 0.4) is 0 Å². The van der Waals surface area contributed by atoms with Crippen molar-refractivity contribution in [2.75, 3.05) is 13.7 Å². The van der Waals surface area contributed by atoms with Crippen molar-refractivity contribution in [3.05, 3.63) is 59.4 Å². The summed E-state index contributed by atoms with van der Waals surface area (Å²) >= 11 is 0. The van der Waals surface area contributed by atoms with E-state index in [2.05, 4.69) is 27.5 Å². The predicted octanol–water partition coefficient (Wildman–Crippen LogP) is 0.693. The molecule has 8 unspecified atom stereocenters. The number of nitrogens with zero attached hydrogens (tertiary/aromatic N) is 3. The van der Waals surface area contributed by atoms with Gasteiger partial charge in [0.05, 0.1) is 37.2 Å². The quantitative estimate of drug-likeness (QED) is 0.350. The zero-order valence-electron chi connectivity index (χ0n) is 21.8. The van der Waals surface area contributed by atoms with Gasteiger partial charge < -0.3 is 14.9 Å². The first kappa shape index (κ1) is 27.6. The van der Waals surface area contributed by atoms with Gasteiger partial charge in [-0.2, -0.15) is 13.5 Å². The highest BCUT2D eigenvalue weighted by atomic mass is 32.2. The molecule has 0 saturated heterocycles. The molecule has 0 bridgehead atoms. The zero-order valence-corrected chi connectivity index (χ0v) is 22.7. The monoisotopic (exact) mass is 559 g/mol. The molecule has 5 N–H and O–H groups in total. The summed E-state index contributed by atoms with van der Waals surface area (Å²) in [5.41, 5.74) is 1.71. The topological polar surface area (TPSA) is 178 Å². The molecule has 1 aromatic heterocycles. The number of hydrogen-bond acceptors (Lipinski definition) is 10. The first-order chi connectivity index (χ1) is 18.4. The van der Waals surface area contributed by atoms with Crippen molar-refractivity contribution in [2.24, 2.45) is 27.9 Å². The van der Waals surface area contributed by atoms with E-state index in [9.17, 15) is 23.4 Å². The van der Waals surface area contributed by atoms with E-state index in [4.69, 9.17) is 15.0 Å². The summed E-state index contributed by atoms with van der Waals surface area (Å²) in [5, 5.41) is 34.5. The van der Waals surface area contributed by atoms with Gasteiger partial charge in [0.15, 0.2) is 5.82 Å². The van der Waals surface area contributed by atoms with Crippen LogP contribution in [0.15, 0.2) is 58.7 Å². The van der Waals surface area contributed by atoms with Crippen molar-refractivity contribution in [3.63, 3.8) is 0 Å². The molecule has 8 atom stereocenters. The molecule has 13 heteroatoms. The summed E-state index contributed by atoms with van der Waals surface area (Å²) in [7, 11) is -2.81. The van der Waals surface area contributed by atoms with Crippen LogP contribution in [-0.2, 0) is 29.4 Å². The minimum Gasteiger partial charge on any atom is -0.465 e. The second kappa shape index (κ2) is 10.2. The Balaban J connectivity index is 1.38. The lowest BCUT2D eigenvalue weighted by molar-refractivity contribution is -0.135. The maximum atomic E-state index is 12.1. The smallest absolute Gasteiger partial charge is 0.337 e. The van der Waals surface area contributed by atoms with Crippen LogP contribution in [-0.4, -0.2) is 72.6 Å². The number of rotatable bonds is 7. The highest BCUT2D eigenvalue weighted by Gasteiger charge is 2.45. The Kier molecular flexibility index (Phi) is 7.24. The second-order valence-corrected chi connectivity index (χ2v) is 11.9. The number of nitrogens with two attached hydrogens (primary N) is 1. The van der Waals surface area contributed by atoms with Gasteiger partial charge in [-0.15, -0.1) is 0 Å². The molecule has 1 saturated carbocycles. The summed E-state index contributed by atoms with van der Waals surface area (Å²) in [6.07, 6.45) is 11.0. The molecule has 4 aliphatic rings. The lowest BCUT2D eigenvalue weighted by Crippen LogP contribution is -2.46. The molecule has 39 heavy (non-hydrogen) atoms. The number of ether oxygens (including phenoxy) is 1. The van der Waals surface area contributed by atoms with Crippen molar-refractivity contribution >= 4 is 28.3 Å². The number of hydrogen-bond donors (Lipinski definition) is 4. The third kappa shape index (κ3) is 5.17. The predicted molar refractivity (Wildman–Crippen MR) is 142 cm³/mol. The molecule has 210 valence electrons. The van der Waals surface area contributed by atoms with Crippen LogP contribution >= 0.6 is 0 Å². The standard InChI is InChI=1S/C26H33N5O7S/c1-14-12-28-21-11-20(26(2)8-4-5-15-9-16(25(34)37-3)6-7-18(15)26)30-31(21)24(14)29-19-10-17(22(32)23(19)33)13-38-39(27,35)36/h4-9,11-12,14,17-19,22-24,29,32-33H,10,13H2,1-3H3,(H2,27,35,36). The maximum Gasteiger partial charge on any atom is 0.337 e. The minimum atomic E-state index is -4.16. The maximum absolute atomic E-state index is 12.1. The summed E-state index contributed by atoms with van der Waals surface area (Å²) < 4.78 is 33.7. The molecule has 0 aromatic carbocycles. The Morgan fingerprint density at radius 1 is 1.33 bits per heavy atom. The number of fused-ring (bicyclic) bond motifs is 2. The number of carbonyl (C=O) groups excluding carboxylic acids is 1. The van der Waals surface area contributed by atoms with Gasteiger partial charge in [0.1, 0.15) is 6.17 Å². The van der Waals surface area contributed by atoms with Gasteiger partial charge in [-0.05, 0) is 25.0 Å².